The van der Waals surface area contributed by atoms with Crippen LogP contribution in [0.25, 0.3) is 0 Å². The molecule has 0 aromatic carbocycles. The molecule has 0 aromatic heterocycles. The maximum absolute atomic E-state index is 11.5. The van der Waals surface area contributed by atoms with Crippen LogP contribution in [0.5, 0.6) is 0 Å². The van der Waals surface area contributed by atoms with Gasteiger partial charge in [0.25, 0.3) is 0 Å². The summed E-state index contributed by atoms with van der Waals surface area (Å²) in [6.07, 6.45) is -0.177. The van der Waals surface area contributed by atoms with Gasteiger partial charge in [-0.1, -0.05) is 6.92 Å². The lowest BCUT2D eigenvalue weighted by atomic mass is 10.1. The van der Waals surface area contributed by atoms with E-state index in [-0.39, 0.29) is 23.2 Å². The molecule has 4 heteroatoms. The summed E-state index contributed by atoms with van der Waals surface area (Å²) in [5, 5.41) is 6.12. The van der Waals surface area contributed by atoms with Crippen molar-refractivity contribution in [3.63, 3.8) is 0 Å². The lowest BCUT2D eigenvalue weighted by Crippen LogP contribution is -2.42. The van der Waals surface area contributed by atoms with Gasteiger partial charge in [-0.15, -0.1) is 0 Å². The minimum Gasteiger partial charge on any atom is -0.445 e. The molecule has 1 aliphatic carbocycles. The summed E-state index contributed by atoms with van der Waals surface area (Å²) in [6.45, 7) is 9.96. The summed E-state index contributed by atoms with van der Waals surface area (Å²) < 4.78 is 5.42. The average molecular weight is 212 g/mol. The lowest BCUT2D eigenvalue weighted by Gasteiger charge is -2.21. The number of piperidine rings is 1. The van der Waals surface area contributed by atoms with Crippen LogP contribution in [0.3, 0.4) is 0 Å². The Morgan fingerprint density at radius 1 is 1.53 bits per heavy atom. The molecule has 1 saturated heterocycles. The maximum Gasteiger partial charge on any atom is 0.407 e. The molecule has 3 unspecified atom stereocenters. The Bertz CT molecular complexity index is 285. The fraction of sp³-hybridized carbons (Fsp3) is 0.909. The third-order valence-electron chi connectivity index (χ3n) is 3.33. The number of rotatable bonds is 1. The van der Waals surface area contributed by atoms with Gasteiger partial charge in [0.2, 0.25) is 0 Å². The Morgan fingerprint density at radius 3 is 2.67 bits per heavy atom. The second-order valence-electron chi connectivity index (χ2n) is 5.94. The van der Waals surface area contributed by atoms with Crippen LogP contribution in [-0.4, -0.2) is 30.8 Å². The number of hydrogen-bond donors (Lipinski definition) is 2. The number of alkyl carbamates (subject to hydrolysis) is 1. The first-order valence-corrected chi connectivity index (χ1v) is 5.52. The monoisotopic (exact) mass is 212 g/mol. The molecule has 1 aliphatic heterocycles. The van der Waals surface area contributed by atoms with E-state index >= 15 is 0 Å². The van der Waals surface area contributed by atoms with Crippen LogP contribution >= 0.6 is 0 Å². The Kier molecular flexibility index (Phi) is 2.23. The summed E-state index contributed by atoms with van der Waals surface area (Å²) in [7, 11) is 0. The molecule has 1 saturated carbocycles. The highest BCUT2D eigenvalue weighted by atomic mass is 16.6. The van der Waals surface area contributed by atoms with Crippen LogP contribution in [0.15, 0.2) is 0 Å². The SMILES string of the molecule is CC(C)(C)NC(=O)OC1C2CNCC21C. The highest BCUT2D eigenvalue weighted by molar-refractivity contribution is 5.68. The van der Waals surface area contributed by atoms with Crippen molar-refractivity contribution >= 4 is 6.09 Å². The molecule has 86 valence electrons. The number of amides is 1. The van der Waals surface area contributed by atoms with Crippen molar-refractivity contribution in [2.75, 3.05) is 13.1 Å². The third kappa shape index (κ3) is 1.95. The minimum atomic E-state index is -0.289. The van der Waals surface area contributed by atoms with Crippen LogP contribution in [0.4, 0.5) is 4.79 Å². The number of ether oxygens (including phenoxy) is 1. The van der Waals surface area contributed by atoms with Gasteiger partial charge in [0.1, 0.15) is 6.10 Å². The molecular formula is C11H20N2O2. The average Bonchev–Trinajstić information content (AvgIpc) is 2.45. The Hall–Kier alpha value is -0.770. The smallest absolute Gasteiger partial charge is 0.407 e. The fourth-order valence-electron chi connectivity index (χ4n) is 2.35. The largest absolute Gasteiger partial charge is 0.445 e. The molecule has 4 nitrogen and oxygen atoms in total. The molecule has 0 spiro atoms. The van der Waals surface area contributed by atoms with Crippen LogP contribution in [0.2, 0.25) is 0 Å². The van der Waals surface area contributed by atoms with Crippen LogP contribution in [0.1, 0.15) is 27.7 Å². The van der Waals surface area contributed by atoms with E-state index in [0.717, 1.165) is 13.1 Å². The molecule has 2 rings (SSSR count). The number of fused-ring (bicyclic) bond motifs is 1. The highest BCUT2D eigenvalue weighted by Crippen LogP contribution is 2.56. The second-order valence-corrected chi connectivity index (χ2v) is 5.94. The predicted molar refractivity (Wildman–Crippen MR) is 57.6 cm³/mol. The van der Waals surface area contributed by atoms with Gasteiger partial charge in [-0.3, -0.25) is 0 Å². The first-order valence-electron chi connectivity index (χ1n) is 5.52. The number of carbonyl (C=O) groups is 1. The molecule has 1 amide bonds. The maximum atomic E-state index is 11.5. The molecule has 3 atom stereocenters. The number of hydrogen-bond acceptors (Lipinski definition) is 3. The van der Waals surface area contributed by atoms with Gasteiger partial charge in [-0.05, 0) is 20.8 Å². The standard InChI is InChI=1S/C11H20N2O2/c1-10(2,3)13-9(14)15-8-7-5-12-6-11(7,8)4/h7-8,12H,5-6H2,1-4H3,(H,13,14). The van der Waals surface area contributed by atoms with E-state index in [1.807, 2.05) is 20.8 Å². The minimum absolute atomic E-state index is 0.112. The van der Waals surface area contributed by atoms with E-state index in [1.165, 1.54) is 0 Å². The van der Waals surface area contributed by atoms with Crippen molar-refractivity contribution < 1.29 is 9.53 Å². The summed E-state index contributed by atoms with van der Waals surface area (Å²) in [6, 6.07) is 0. The van der Waals surface area contributed by atoms with Crippen molar-refractivity contribution in [1.29, 1.82) is 0 Å². The summed E-state index contributed by atoms with van der Waals surface area (Å²) in [5.41, 5.74) is -0.0323. The normalized spacial score (nSPS) is 38.4. The quantitative estimate of drug-likeness (QED) is 0.685. The van der Waals surface area contributed by atoms with E-state index in [4.69, 9.17) is 4.74 Å². The highest BCUT2D eigenvalue weighted by Gasteiger charge is 2.66. The molecular weight excluding hydrogens is 192 g/mol. The predicted octanol–water partition coefficient (Wildman–Crippen LogP) is 1.12. The van der Waals surface area contributed by atoms with Crippen molar-refractivity contribution in [1.82, 2.24) is 10.6 Å². The van der Waals surface area contributed by atoms with Crippen molar-refractivity contribution in [3.05, 3.63) is 0 Å². The first kappa shape index (κ1) is 10.7. The van der Waals surface area contributed by atoms with E-state index < -0.39 is 0 Å². The molecule has 0 bridgehead atoms. The molecule has 2 N–H and O–H groups in total. The first-order chi connectivity index (χ1) is 6.83. The third-order valence-corrected chi connectivity index (χ3v) is 3.33. The number of carbonyl (C=O) groups excluding carboxylic acids is 1. The van der Waals surface area contributed by atoms with Gasteiger partial charge in [0, 0.05) is 30.0 Å². The molecule has 0 aromatic rings. The van der Waals surface area contributed by atoms with Gasteiger partial charge in [0.15, 0.2) is 0 Å². The second kappa shape index (κ2) is 3.11. The molecule has 15 heavy (non-hydrogen) atoms. The van der Waals surface area contributed by atoms with Gasteiger partial charge in [0.05, 0.1) is 0 Å². The summed E-state index contributed by atoms with van der Waals surface area (Å²) in [4.78, 5) is 11.5. The van der Waals surface area contributed by atoms with Gasteiger partial charge < -0.3 is 15.4 Å². The van der Waals surface area contributed by atoms with Gasteiger partial charge in [-0.2, -0.15) is 0 Å². The van der Waals surface area contributed by atoms with E-state index in [2.05, 4.69) is 17.6 Å². The zero-order valence-electron chi connectivity index (χ0n) is 9.89. The zero-order valence-corrected chi connectivity index (χ0v) is 9.89. The van der Waals surface area contributed by atoms with Gasteiger partial charge in [-0.25, -0.2) is 4.79 Å². The van der Waals surface area contributed by atoms with Crippen molar-refractivity contribution in [3.8, 4) is 0 Å². The number of nitrogens with one attached hydrogen (secondary N) is 2. The van der Waals surface area contributed by atoms with E-state index in [1.54, 1.807) is 0 Å². The summed E-state index contributed by atoms with van der Waals surface area (Å²) >= 11 is 0. The van der Waals surface area contributed by atoms with Crippen LogP contribution < -0.4 is 10.6 Å². The molecule has 0 radical (unpaired) electrons. The Labute approximate surface area is 90.8 Å². The zero-order chi connectivity index (χ0) is 11.3. The van der Waals surface area contributed by atoms with Crippen LogP contribution in [0, 0.1) is 11.3 Å². The van der Waals surface area contributed by atoms with Crippen molar-refractivity contribution in [2.24, 2.45) is 11.3 Å². The summed E-state index contributed by atoms with van der Waals surface area (Å²) in [5.74, 6) is 0.517. The topological polar surface area (TPSA) is 50.4 Å². The van der Waals surface area contributed by atoms with Crippen LogP contribution in [-0.2, 0) is 4.74 Å². The Morgan fingerprint density at radius 2 is 2.20 bits per heavy atom. The fourth-order valence-corrected chi connectivity index (χ4v) is 2.35. The van der Waals surface area contributed by atoms with E-state index in [9.17, 15) is 4.79 Å². The van der Waals surface area contributed by atoms with Gasteiger partial charge >= 0.3 is 6.09 Å². The Balaban J connectivity index is 1.82. The molecule has 2 aliphatic rings. The van der Waals surface area contributed by atoms with E-state index in [0.29, 0.717) is 5.92 Å². The molecule has 1 heterocycles. The van der Waals surface area contributed by atoms with Crippen molar-refractivity contribution in [2.45, 2.75) is 39.3 Å². The lowest BCUT2D eigenvalue weighted by molar-refractivity contribution is 0.110. The molecule has 2 fully saturated rings.